The van der Waals surface area contributed by atoms with Crippen molar-refractivity contribution >= 4 is 23.1 Å². The molecule has 3 nitrogen and oxygen atoms in total. The molecule has 0 spiro atoms. The van der Waals surface area contributed by atoms with E-state index in [9.17, 15) is 4.79 Å². The number of aryl methyl sites for hydroxylation is 3. The van der Waals surface area contributed by atoms with Crippen LogP contribution in [0.1, 0.15) is 52.6 Å². The number of nitrogens with zero attached hydrogens (tertiary/aromatic N) is 1. The minimum Gasteiger partial charge on any atom is -0.317 e. The Labute approximate surface area is 148 Å². The molecule has 2 heterocycles. The zero-order chi connectivity index (χ0) is 17.1. The Morgan fingerprint density at radius 1 is 1.08 bits per heavy atom. The summed E-state index contributed by atoms with van der Waals surface area (Å²) in [7, 11) is 0. The van der Waals surface area contributed by atoms with Crippen molar-refractivity contribution in [1.29, 1.82) is 0 Å². The topological polar surface area (TPSA) is 32.3 Å². The van der Waals surface area contributed by atoms with Crippen LogP contribution in [0, 0.1) is 20.8 Å². The Bertz CT molecular complexity index is 722. The van der Waals surface area contributed by atoms with Gasteiger partial charge in [-0.2, -0.15) is 0 Å². The average molecular weight is 343 g/mol. The summed E-state index contributed by atoms with van der Waals surface area (Å²) in [5.41, 5.74) is 3.33. The molecule has 1 aliphatic heterocycles. The predicted octanol–water partition coefficient (Wildman–Crippen LogP) is 5.82. The molecule has 0 aliphatic carbocycles. The zero-order valence-electron chi connectivity index (χ0n) is 14.8. The standard InChI is InChI=1S/C20H26N2OS/c1-14-8-10-17(13-15(14)2)21-20(23)22-12-6-4-5-7-18(22)19-11-9-16(3)24-19/h8-11,13,18H,4-7,12H2,1-3H3,(H,21,23). The van der Waals surface area contributed by atoms with Gasteiger partial charge in [-0.15, -0.1) is 11.3 Å². The molecule has 1 aromatic heterocycles. The highest BCUT2D eigenvalue weighted by molar-refractivity contribution is 7.12. The monoisotopic (exact) mass is 342 g/mol. The predicted molar refractivity (Wildman–Crippen MR) is 102 cm³/mol. The fourth-order valence-electron chi connectivity index (χ4n) is 3.29. The second-order valence-electron chi connectivity index (χ2n) is 6.74. The van der Waals surface area contributed by atoms with Gasteiger partial charge in [0, 0.05) is 22.0 Å². The lowest BCUT2D eigenvalue weighted by Gasteiger charge is -2.29. The van der Waals surface area contributed by atoms with E-state index >= 15 is 0 Å². The number of hydrogen-bond acceptors (Lipinski definition) is 2. The van der Waals surface area contributed by atoms with Crippen LogP contribution in [0.4, 0.5) is 10.5 Å². The maximum atomic E-state index is 12.9. The van der Waals surface area contributed by atoms with Crippen LogP contribution in [0.25, 0.3) is 0 Å². The van der Waals surface area contributed by atoms with E-state index in [2.05, 4.69) is 50.4 Å². The van der Waals surface area contributed by atoms with E-state index in [0.29, 0.717) is 0 Å². The number of amides is 2. The first-order valence-electron chi connectivity index (χ1n) is 8.76. The quantitative estimate of drug-likeness (QED) is 0.732. The Kier molecular flexibility index (Phi) is 5.24. The fraction of sp³-hybridized carbons (Fsp3) is 0.450. The number of benzene rings is 1. The number of nitrogens with one attached hydrogen (secondary N) is 1. The van der Waals surface area contributed by atoms with Crippen LogP contribution in [0.15, 0.2) is 30.3 Å². The summed E-state index contributed by atoms with van der Waals surface area (Å²) in [4.78, 5) is 17.6. The van der Waals surface area contributed by atoms with Crippen molar-refractivity contribution in [2.75, 3.05) is 11.9 Å². The van der Waals surface area contributed by atoms with Crippen molar-refractivity contribution in [2.24, 2.45) is 0 Å². The van der Waals surface area contributed by atoms with Gasteiger partial charge in [0.15, 0.2) is 0 Å². The van der Waals surface area contributed by atoms with Gasteiger partial charge in [-0.3, -0.25) is 0 Å². The molecule has 3 rings (SSSR count). The Balaban J connectivity index is 1.80. The number of carbonyl (C=O) groups excluding carboxylic acids is 1. The number of carbonyl (C=O) groups is 1. The van der Waals surface area contributed by atoms with Gasteiger partial charge in [-0.05, 0) is 69.0 Å². The van der Waals surface area contributed by atoms with E-state index in [4.69, 9.17) is 0 Å². The third kappa shape index (κ3) is 3.81. The van der Waals surface area contributed by atoms with Crippen LogP contribution in [0.2, 0.25) is 0 Å². The summed E-state index contributed by atoms with van der Waals surface area (Å²) in [6, 6.07) is 10.7. The van der Waals surface area contributed by atoms with Gasteiger partial charge in [0.2, 0.25) is 0 Å². The van der Waals surface area contributed by atoms with Crippen molar-refractivity contribution in [1.82, 2.24) is 4.90 Å². The lowest BCUT2D eigenvalue weighted by molar-refractivity contribution is 0.190. The van der Waals surface area contributed by atoms with Gasteiger partial charge in [0.25, 0.3) is 0 Å². The number of hydrogen-bond donors (Lipinski definition) is 1. The van der Waals surface area contributed by atoms with Crippen LogP contribution >= 0.6 is 11.3 Å². The van der Waals surface area contributed by atoms with Crippen molar-refractivity contribution in [3.63, 3.8) is 0 Å². The molecule has 128 valence electrons. The first-order chi connectivity index (χ1) is 11.5. The maximum absolute atomic E-state index is 12.9. The Morgan fingerprint density at radius 2 is 1.92 bits per heavy atom. The minimum absolute atomic E-state index is 0.0243. The van der Waals surface area contributed by atoms with E-state index in [-0.39, 0.29) is 12.1 Å². The number of likely N-dealkylation sites (tertiary alicyclic amines) is 1. The molecular formula is C20H26N2OS. The molecule has 1 aromatic carbocycles. The number of urea groups is 1. The highest BCUT2D eigenvalue weighted by Crippen LogP contribution is 2.34. The molecule has 24 heavy (non-hydrogen) atoms. The van der Waals surface area contributed by atoms with Gasteiger partial charge in [-0.1, -0.05) is 18.9 Å². The summed E-state index contributed by atoms with van der Waals surface area (Å²) in [5.74, 6) is 0. The SMILES string of the molecule is Cc1ccc(C2CCCCCN2C(=O)Nc2ccc(C)c(C)c2)s1. The molecule has 2 amide bonds. The van der Waals surface area contributed by atoms with Crippen molar-refractivity contribution in [2.45, 2.75) is 52.5 Å². The summed E-state index contributed by atoms with van der Waals surface area (Å²) >= 11 is 1.81. The molecule has 1 aliphatic rings. The van der Waals surface area contributed by atoms with Gasteiger partial charge in [-0.25, -0.2) is 4.79 Å². The molecule has 0 saturated carbocycles. The second kappa shape index (κ2) is 7.39. The van der Waals surface area contributed by atoms with Gasteiger partial charge < -0.3 is 10.2 Å². The lowest BCUT2D eigenvalue weighted by atomic mass is 10.1. The number of thiophene rings is 1. The highest BCUT2D eigenvalue weighted by Gasteiger charge is 2.27. The van der Waals surface area contributed by atoms with E-state index in [1.807, 2.05) is 22.3 Å². The van der Waals surface area contributed by atoms with Crippen molar-refractivity contribution < 1.29 is 4.79 Å². The summed E-state index contributed by atoms with van der Waals surface area (Å²) < 4.78 is 0. The number of anilines is 1. The summed E-state index contributed by atoms with van der Waals surface area (Å²) in [5, 5.41) is 3.11. The van der Waals surface area contributed by atoms with Crippen LogP contribution in [-0.2, 0) is 0 Å². The molecule has 1 unspecified atom stereocenters. The molecule has 1 atom stereocenters. The lowest BCUT2D eigenvalue weighted by Crippen LogP contribution is -2.37. The van der Waals surface area contributed by atoms with Gasteiger partial charge in [0.05, 0.1) is 6.04 Å². The van der Waals surface area contributed by atoms with E-state index in [1.54, 1.807) is 0 Å². The van der Waals surface area contributed by atoms with Crippen LogP contribution in [0.5, 0.6) is 0 Å². The first kappa shape index (κ1) is 17.0. The largest absolute Gasteiger partial charge is 0.322 e. The molecule has 4 heteroatoms. The summed E-state index contributed by atoms with van der Waals surface area (Å²) in [6.45, 7) is 7.13. The zero-order valence-corrected chi connectivity index (χ0v) is 15.6. The average Bonchev–Trinajstić information content (AvgIpc) is 2.83. The molecular weight excluding hydrogens is 316 g/mol. The molecule has 1 fully saturated rings. The Hall–Kier alpha value is -1.81. The third-order valence-electron chi connectivity index (χ3n) is 4.86. The fourth-order valence-corrected chi connectivity index (χ4v) is 4.32. The second-order valence-corrected chi connectivity index (χ2v) is 8.06. The highest BCUT2D eigenvalue weighted by atomic mass is 32.1. The molecule has 1 N–H and O–H groups in total. The normalized spacial score (nSPS) is 18.3. The third-order valence-corrected chi connectivity index (χ3v) is 5.96. The molecule has 2 aromatic rings. The van der Waals surface area contributed by atoms with E-state index in [1.165, 1.54) is 33.7 Å². The van der Waals surface area contributed by atoms with Crippen LogP contribution < -0.4 is 5.32 Å². The minimum atomic E-state index is 0.0243. The summed E-state index contributed by atoms with van der Waals surface area (Å²) in [6.07, 6.45) is 4.53. The van der Waals surface area contributed by atoms with Gasteiger partial charge >= 0.3 is 6.03 Å². The van der Waals surface area contributed by atoms with Crippen LogP contribution in [-0.4, -0.2) is 17.5 Å². The molecule has 0 radical (unpaired) electrons. The Morgan fingerprint density at radius 3 is 2.62 bits per heavy atom. The van der Waals surface area contributed by atoms with Gasteiger partial charge in [0.1, 0.15) is 0 Å². The molecule has 0 bridgehead atoms. The number of rotatable bonds is 2. The van der Waals surface area contributed by atoms with Crippen molar-refractivity contribution in [3.8, 4) is 0 Å². The maximum Gasteiger partial charge on any atom is 0.322 e. The van der Waals surface area contributed by atoms with E-state index in [0.717, 1.165) is 25.1 Å². The first-order valence-corrected chi connectivity index (χ1v) is 9.57. The molecule has 1 saturated heterocycles. The van der Waals surface area contributed by atoms with Crippen LogP contribution in [0.3, 0.4) is 0 Å². The smallest absolute Gasteiger partial charge is 0.317 e. The van der Waals surface area contributed by atoms with E-state index < -0.39 is 0 Å². The van der Waals surface area contributed by atoms with Crippen molar-refractivity contribution in [3.05, 3.63) is 51.2 Å².